The summed E-state index contributed by atoms with van der Waals surface area (Å²) in [4.78, 5) is 29.9. The van der Waals surface area contributed by atoms with Crippen LogP contribution in [0.5, 0.6) is 0 Å². The Morgan fingerprint density at radius 2 is 1.87 bits per heavy atom. The SMILES string of the molecule is COC(=O)CN1CCC2(CC1)CN(C(=O)N1CC=C(C)CC1)C2. The van der Waals surface area contributed by atoms with E-state index in [1.807, 2.05) is 9.80 Å². The second-order valence-electron chi connectivity index (χ2n) is 7.24. The fourth-order valence-electron chi connectivity index (χ4n) is 3.79. The largest absolute Gasteiger partial charge is 0.468 e. The van der Waals surface area contributed by atoms with Crippen molar-refractivity contribution in [2.75, 3.05) is 52.9 Å². The Labute approximate surface area is 138 Å². The van der Waals surface area contributed by atoms with Gasteiger partial charge in [0.25, 0.3) is 0 Å². The molecule has 0 atom stereocenters. The molecule has 128 valence electrons. The van der Waals surface area contributed by atoms with E-state index in [0.29, 0.717) is 6.54 Å². The van der Waals surface area contributed by atoms with Crippen LogP contribution in [0, 0.1) is 5.41 Å². The lowest BCUT2D eigenvalue weighted by molar-refractivity contribution is -0.143. The van der Waals surface area contributed by atoms with E-state index in [-0.39, 0.29) is 17.4 Å². The molecule has 3 rings (SSSR count). The number of carbonyl (C=O) groups is 2. The van der Waals surface area contributed by atoms with E-state index >= 15 is 0 Å². The van der Waals surface area contributed by atoms with Crippen molar-refractivity contribution in [1.82, 2.24) is 14.7 Å². The van der Waals surface area contributed by atoms with Gasteiger partial charge in [0.1, 0.15) is 0 Å². The molecule has 0 unspecified atom stereocenters. The van der Waals surface area contributed by atoms with E-state index in [2.05, 4.69) is 17.9 Å². The molecule has 0 N–H and O–H groups in total. The van der Waals surface area contributed by atoms with Gasteiger partial charge in [0.2, 0.25) is 0 Å². The molecular formula is C17H27N3O3. The Kier molecular flexibility index (Phi) is 4.62. The number of esters is 1. The van der Waals surface area contributed by atoms with E-state index < -0.39 is 0 Å². The monoisotopic (exact) mass is 321 g/mol. The Morgan fingerprint density at radius 1 is 1.17 bits per heavy atom. The number of hydrogen-bond acceptors (Lipinski definition) is 4. The second-order valence-corrected chi connectivity index (χ2v) is 7.24. The minimum Gasteiger partial charge on any atom is -0.468 e. The van der Waals surface area contributed by atoms with Gasteiger partial charge in [-0.15, -0.1) is 0 Å². The summed E-state index contributed by atoms with van der Waals surface area (Å²) in [6.45, 7) is 7.69. The minimum atomic E-state index is -0.167. The Hall–Kier alpha value is -1.56. The molecule has 0 saturated carbocycles. The van der Waals surface area contributed by atoms with Gasteiger partial charge in [-0.1, -0.05) is 11.6 Å². The van der Waals surface area contributed by atoms with Crippen LogP contribution in [0.15, 0.2) is 11.6 Å². The molecule has 23 heavy (non-hydrogen) atoms. The van der Waals surface area contributed by atoms with Crippen molar-refractivity contribution in [3.05, 3.63) is 11.6 Å². The van der Waals surface area contributed by atoms with Crippen LogP contribution < -0.4 is 0 Å². The molecule has 3 heterocycles. The summed E-state index contributed by atoms with van der Waals surface area (Å²) in [7, 11) is 1.43. The first-order valence-corrected chi connectivity index (χ1v) is 8.50. The maximum absolute atomic E-state index is 12.5. The summed E-state index contributed by atoms with van der Waals surface area (Å²) < 4.78 is 4.72. The normalized spacial score (nSPS) is 24.2. The summed E-state index contributed by atoms with van der Waals surface area (Å²) in [6.07, 6.45) is 5.27. The minimum absolute atomic E-state index is 0.167. The second kappa shape index (κ2) is 6.51. The van der Waals surface area contributed by atoms with Crippen molar-refractivity contribution in [3.63, 3.8) is 0 Å². The molecule has 0 bridgehead atoms. The summed E-state index contributed by atoms with van der Waals surface area (Å²) in [5, 5.41) is 0. The molecule has 3 aliphatic rings. The number of piperidine rings is 1. The molecule has 2 saturated heterocycles. The van der Waals surface area contributed by atoms with Crippen LogP contribution >= 0.6 is 0 Å². The van der Waals surface area contributed by atoms with Crippen molar-refractivity contribution in [2.24, 2.45) is 5.41 Å². The zero-order valence-electron chi connectivity index (χ0n) is 14.2. The fourth-order valence-corrected chi connectivity index (χ4v) is 3.79. The number of rotatable bonds is 2. The van der Waals surface area contributed by atoms with Crippen LogP contribution in [0.25, 0.3) is 0 Å². The summed E-state index contributed by atoms with van der Waals surface area (Å²) in [6, 6.07) is 0.191. The molecule has 0 radical (unpaired) electrons. The van der Waals surface area contributed by atoms with Crippen LogP contribution in [0.4, 0.5) is 4.79 Å². The van der Waals surface area contributed by atoms with Gasteiger partial charge in [0.15, 0.2) is 0 Å². The van der Waals surface area contributed by atoms with Crippen LogP contribution in [-0.2, 0) is 9.53 Å². The Bertz CT molecular complexity index is 501. The zero-order chi connectivity index (χ0) is 16.4. The molecule has 3 aliphatic heterocycles. The molecule has 2 fully saturated rings. The summed E-state index contributed by atoms with van der Waals surface area (Å²) in [5.74, 6) is -0.167. The molecule has 6 heteroatoms. The third kappa shape index (κ3) is 3.52. The van der Waals surface area contributed by atoms with Gasteiger partial charge >= 0.3 is 12.0 Å². The maximum atomic E-state index is 12.5. The Morgan fingerprint density at radius 3 is 2.43 bits per heavy atom. The standard InChI is InChI=1S/C17H27N3O3/c1-14-3-7-19(8-4-14)16(22)20-12-17(13-20)5-9-18(10-6-17)11-15(21)23-2/h3H,4-13H2,1-2H3. The van der Waals surface area contributed by atoms with Gasteiger partial charge in [-0.05, 0) is 39.3 Å². The average molecular weight is 321 g/mol. The van der Waals surface area contributed by atoms with Crippen LogP contribution in [-0.4, -0.2) is 79.6 Å². The molecule has 0 aromatic carbocycles. The van der Waals surface area contributed by atoms with Gasteiger partial charge in [0.05, 0.1) is 13.7 Å². The summed E-state index contributed by atoms with van der Waals surface area (Å²) >= 11 is 0. The van der Waals surface area contributed by atoms with E-state index in [1.165, 1.54) is 12.7 Å². The van der Waals surface area contributed by atoms with Crippen molar-refractivity contribution >= 4 is 12.0 Å². The average Bonchev–Trinajstić information content (AvgIpc) is 2.53. The summed E-state index contributed by atoms with van der Waals surface area (Å²) in [5.41, 5.74) is 1.66. The van der Waals surface area contributed by atoms with Crippen molar-refractivity contribution in [2.45, 2.75) is 26.2 Å². The van der Waals surface area contributed by atoms with Gasteiger partial charge in [-0.25, -0.2) is 4.79 Å². The first-order valence-electron chi connectivity index (χ1n) is 8.50. The van der Waals surface area contributed by atoms with Gasteiger partial charge in [-0.3, -0.25) is 9.69 Å². The molecule has 0 aromatic rings. The predicted molar refractivity (Wildman–Crippen MR) is 87.0 cm³/mol. The van der Waals surface area contributed by atoms with Crippen molar-refractivity contribution < 1.29 is 14.3 Å². The quantitative estimate of drug-likeness (QED) is 0.569. The predicted octanol–water partition coefficient (Wildman–Crippen LogP) is 1.33. The maximum Gasteiger partial charge on any atom is 0.320 e. The van der Waals surface area contributed by atoms with Crippen LogP contribution in [0.2, 0.25) is 0 Å². The third-order valence-corrected chi connectivity index (χ3v) is 5.53. The zero-order valence-corrected chi connectivity index (χ0v) is 14.2. The third-order valence-electron chi connectivity index (χ3n) is 5.53. The number of likely N-dealkylation sites (tertiary alicyclic amines) is 2. The number of nitrogens with zero attached hydrogens (tertiary/aromatic N) is 3. The van der Waals surface area contributed by atoms with Crippen LogP contribution in [0.3, 0.4) is 0 Å². The van der Waals surface area contributed by atoms with Crippen molar-refractivity contribution in [1.29, 1.82) is 0 Å². The van der Waals surface area contributed by atoms with E-state index in [9.17, 15) is 9.59 Å². The van der Waals surface area contributed by atoms with Crippen molar-refractivity contribution in [3.8, 4) is 0 Å². The lowest BCUT2D eigenvalue weighted by atomic mass is 9.72. The lowest BCUT2D eigenvalue weighted by Crippen LogP contribution is -2.64. The van der Waals surface area contributed by atoms with Gasteiger partial charge in [0, 0.05) is 31.6 Å². The molecule has 2 amide bonds. The van der Waals surface area contributed by atoms with Gasteiger partial charge < -0.3 is 14.5 Å². The molecular weight excluding hydrogens is 294 g/mol. The number of ether oxygens (including phenoxy) is 1. The first kappa shape index (κ1) is 16.3. The van der Waals surface area contributed by atoms with E-state index in [1.54, 1.807) is 0 Å². The number of carbonyl (C=O) groups excluding carboxylic acids is 2. The highest BCUT2D eigenvalue weighted by Crippen LogP contribution is 2.40. The molecule has 0 aromatic heterocycles. The topological polar surface area (TPSA) is 53.1 Å². The number of urea groups is 1. The number of hydrogen-bond donors (Lipinski definition) is 0. The lowest BCUT2D eigenvalue weighted by Gasteiger charge is -2.54. The fraction of sp³-hybridized carbons (Fsp3) is 0.765. The van der Waals surface area contributed by atoms with Crippen LogP contribution in [0.1, 0.15) is 26.2 Å². The van der Waals surface area contributed by atoms with E-state index in [4.69, 9.17) is 4.74 Å². The van der Waals surface area contributed by atoms with E-state index in [0.717, 1.165) is 58.5 Å². The molecule has 0 aliphatic carbocycles. The van der Waals surface area contributed by atoms with Gasteiger partial charge in [-0.2, -0.15) is 0 Å². The smallest absolute Gasteiger partial charge is 0.320 e. The highest BCUT2D eigenvalue weighted by atomic mass is 16.5. The number of amides is 2. The highest BCUT2D eigenvalue weighted by Gasteiger charge is 2.47. The number of methoxy groups -OCH3 is 1. The Balaban J connectivity index is 1.44. The molecule has 1 spiro atoms. The molecule has 6 nitrogen and oxygen atoms in total. The highest BCUT2D eigenvalue weighted by molar-refractivity contribution is 5.76. The first-order chi connectivity index (χ1) is 11.0.